The SMILES string of the molecule is CCN(CC)c1noc(C2CCNC(C)C2)n1. The van der Waals surface area contributed by atoms with Crippen molar-refractivity contribution in [1.82, 2.24) is 15.5 Å². The average molecular weight is 238 g/mol. The third-order valence-corrected chi connectivity index (χ3v) is 3.45. The Morgan fingerprint density at radius 1 is 1.41 bits per heavy atom. The summed E-state index contributed by atoms with van der Waals surface area (Å²) in [6, 6.07) is 0.539. The molecule has 0 amide bonds. The molecular formula is C12H22N4O. The Labute approximate surface area is 103 Å². The Balaban J connectivity index is 2.06. The maximum Gasteiger partial charge on any atom is 0.266 e. The number of nitrogens with one attached hydrogen (secondary N) is 1. The molecule has 1 N–H and O–H groups in total. The van der Waals surface area contributed by atoms with Crippen molar-refractivity contribution in [2.45, 2.75) is 45.6 Å². The van der Waals surface area contributed by atoms with Gasteiger partial charge in [-0.15, -0.1) is 0 Å². The fraction of sp³-hybridized carbons (Fsp3) is 0.833. The average Bonchev–Trinajstić information content (AvgIpc) is 2.80. The lowest BCUT2D eigenvalue weighted by atomic mass is 9.93. The Morgan fingerprint density at radius 2 is 2.18 bits per heavy atom. The lowest BCUT2D eigenvalue weighted by molar-refractivity contribution is 0.295. The zero-order chi connectivity index (χ0) is 12.3. The predicted molar refractivity (Wildman–Crippen MR) is 67.3 cm³/mol. The van der Waals surface area contributed by atoms with Crippen molar-refractivity contribution in [1.29, 1.82) is 0 Å². The summed E-state index contributed by atoms with van der Waals surface area (Å²) < 4.78 is 5.41. The maximum absolute atomic E-state index is 5.41. The minimum Gasteiger partial charge on any atom is -0.339 e. The van der Waals surface area contributed by atoms with E-state index in [1.165, 1.54) is 0 Å². The van der Waals surface area contributed by atoms with Gasteiger partial charge in [0.1, 0.15) is 0 Å². The highest BCUT2D eigenvalue weighted by atomic mass is 16.5. The number of piperidine rings is 1. The van der Waals surface area contributed by atoms with Gasteiger partial charge in [0, 0.05) is 25.0 Å². The third-order valence-electron chi connectivity index (χ3n) is 3.45. The molecule has 0 spiro atoms. The van der Waals surface area contributed by atoms with Gasteiger partial charge in [-0.2, -0.15) is 4.98 Å². The third kappa shape index (κ3) is 2.77. The van der Waals surface area contributed by atoms with Gasteiger partial charge in [-0.25, -0.2) is 0 Å². The number of nitrogens with zero attached hydrogens (tertiary/aromatic N) is 3. The van der Waals surface area contributed by atoms with E-state index in [1.54, 1.807) is 0 Å². The van der Waals surface area contributed by atoms with Crippen LogP contribution in [0.5, 0.6) is 0 Å². The maximum atomic E-state index is 5.41. The van der Waals surface area contributed by atoms with Gasteiger partial charge in [0.2, 0.25) is 5.89 Å². The molecule has 2 atom stereocenters. The number of anilines is 1. The highest BCUT2D eigenvalue weighted by Gasteiger charge is 2.25. The molecule has 1 aliphatic heterocycles. The van der Waals surface area contributed by atoms with Crippen molar-refractivity contribution >= 4 is 5.95 Å². The molecule has 0 aliphatic carbocycles. The van der Waals surface area contributed by atoms with Crippen LogP contribution in [0, 0.1) is 0 Å². The molecule has 0 bridgehead atoms. The van der Waals surface area contributed by atoms with Crippen molar-refractivity contribution in [3.8, 4) is 0 Å². The summed E-state index contributed by atoms with van der Waals surface area (Å²) in [5.41, 5.74) is 0. The molecule has 5 nitrogen and oxygen atoms in total. The van der Waals surface area contributed by atoms with Crippen LogP contribution in [0.3, 0.4) is 0 Å². The smallest absolute Gasteiger partial charge is 0.266 e. The fourth-order valence-corrected chi connectivity index (χ4v) is 2.38. The van der Waals surface area contributed by atoms with Crippen LogP contribution in [-0.4, -0.2) is 35.8 Å². The normalized spacial score (nSPS) is 24.9. The summed E-state index contributed by atoms with van der Waals surface area (Å²) in [5, 5.41) is 7.51. The standard InChI is InChI=1S/C12H22N4O/c1-4-16(5-2)12-14-11(17-15-12)10-6-7-13-9(3)8-10/h9-10,13H,4-8H2,1-3H3. The van der Waals surface area contributed by atoms with Crippen LogP contribution in [0.4, 0.5) is 5.95 Å². The summed E-state index contributed by atoms with van der Waals surface area (Å²) >= 11 is 0. The first-order valence-electron chi connectivity index (χ1n) is 6.56. The van der Waals surface area contributed by atoms with Crippen LogP contribution in [0.2, 0.25) is 0 Å². The van der Waals surface area contributed by atoms with E-state index in [4.69, 9.17) is 4.52 Å². The van der Waals surface area contributed by atoms with Crippen LogP contribution in [-0.2, 0) is 0 Å². The van der Waals surface area contributed by atoms with Crippen LogP contribution >= 0.6 is 0 Å². The first-order valence-corrected chi connectivity index (χ1v) is 6.56. The lowest BCUT2D eigenvalue weighted by Gasteiger charge is -2.25. The number of hydrogen-bond acceptors (Lipinski definition) is 5. The van der Waals surface area contributed by atoms with Crippen LogP contribution in [0.1, 0.15) is 45.4 Å². The first-order chi connectivity index (χ1) is 8.24. The molecule has 2 unspecified atom stereocenters. The van der Waals surface area contributed by atoms with E-state index in [2.05, 4.69) is 41.1 Å². The van der Waals surface area contributed by atoms with E-state index >= 15 is 0 Å². The van der Waals surface area contributed by atoms with Crippen molar-refractivity contribution in [2.24, 2.45) is 0 Å². The number of aromatic nitrogens is 2. The molecule has 2 rings (SSSR count). The molecule has 2 heterocycles. The Hall–Kier alpha value is -1.10. The van der Waals surface area contributed by atoms with E-state index in [0.717, 1.165) is 44.3 Å². The van der Waals surface area contributed by atoms with Gasteiger partial charge in [0.05, 0.1) is 0 Å². The molecule has 1 aromatic heterocycles. The Bertz CT molecular complexity index is 348. The molecule has 0 saturated carbocycles. The summed E-state index contributed by atoms with van der Waals surface area (Å²) in [6.07, 6.45) is 2.17. The second kappa shape index (κ2) is 5.49. The summed E-state index contributed by atoms with van der Waals surface area (Å²) in [6.45, 7) is 9.27. The molecule has 5 heteroatoms. The molecular weight excluding hydrogens is 216 g/mol. The van der Waals surface area contributed by atoms with Crippen LogP contribution in [0.15, 0.2) is 4.52 Å². The molecule has 17 heavy (non-hydrogen) atoms. The molecule has 1 aromatic rings. The minimum atomic E-state index is 0.420. The summed E-state index contributed by atoms with van der Waals surface area (Å²) in [5.74, 6) is 1.96. The van der Waals surface area contributed by atoms with Gasteiger partial charge >= 0.3 is 0 Å². The number of hydrogen-bond donors (Lipinski definition) is 1. The van der Waals surface area contributed by atoms with Crippen molar-refractivity contribution < 1.29 is 4.52 Å². The summed E-state index contributed by atoms with van der Waals surface area (Å²) in [4.78, 5) is 6.64. The van der Waals surface area contributed by atoms with Crippen molar-refractivity contribution in [3.05, 3.63) is 5.89 Å². The van der Waals surface area contributed by atoms with E-state index in [0.29, 0.717) is 12.0 Å². The molecule has 96 valence electrons. The highest BCUT2D eigenvalue weighted by Crippen LogP contribution is 2.27. The van der Waals surface area contributed by atoms with Gasteiger partial charge in [-0.1, -0.05) is 0 Å². The molecule has 1 aliphatic rings. The molecule has 0 aromatic carbocycles. The van der Waals surface area contributed by atoms with Gasteiger partial charge in [0.25, 0.3) is 5.95 Å². The highest BCUT2D eigenvalue weighted by molar-refractivity contribution is 5.27. The zero-order valence-electron chi connectivity index (χ0n) is 10.9. The van der Waals surface area contributed by atoms with Crippen LogP contribution < -0.4 is 10.2 Å². The van der Waals surface area contributed by atoms with Crippen molar-refractivity contribution in [3.63, 3.8) is 0 Å². The van der Waals surface area contributed by atoms with E-state index in [1.807, 2.05) is 0 Å². The number of rotatable bonds is 4. The molecule has 1 fully saturated rings. The minimum absolute atomic E-state index is 0.420. The van der Waals surface area contributed by atoms with E-state index in [-0.39, 0.29) is 0 Å². The zero-order valence-corrected chi connectivity index (χ0v) is 10.9. The largest absolute Gasteiger partial charge is 0.339 e. The van der Waals surface area contributed by atoms with E-state index in [9.17, 15) is 0 Å². The first kappa shape index (κ1) is 12.4. The molecule has 0 radical (unpaired) electrons. The van der Waals surface area contributed by atoms with Gasteiger partial charge in [0.15, 0.2) is 0 Å². The predicted octanol–water partition coefficient (Wildman–Crippen LogP) is 1.77. The molecule has 1 saturated heterocycles. The van der Waals surface area contributed by atoms with Crippen molar-refractivity contribution in [2.75, 3.05) is 24.5 Å². The second-order valence-electron chi connectivity index (χ2n) is 4.68. The second-order valence-corrected chi connectivity index (χ2v) is 4.68. The van der Waals surface area contributed by atoms with Crippen LogP contribution in [0.25, 0.3) is 0 Å². The fourth-order valence-electron chi connectivity index (χ4n) is 2.38. The van der Waals surface area contributed by atoms with Gasteiger partial charge < -0.3 is 14.7 Å². The Kier molecular flexibility index (Phi) is 3.99. The monoisotopic (exact) mass is 238 g/mol. The van der Waals surface area contributed by atoms with Gasteiger partial charge in [-0.3, -0.25) is 0 Å². The van der Waals surface area contributed by atoms with Gasteiger partial charge in [-0.05, 0) is 45.3 Å². The lowest BCUT2D eigenvalue weighted by Crippen LogP contribution is -2.35. The Morgan fingerprint density at radius 3 is 2.82 bits per heavy atom. The summed E-state index contributed by atoms with van der Waals surface area (Å²) in [7, 11) is 0. The topological polar surface area (TPSA) is 54.2 Å². The van der Waals surface area contributed by atoms with E-state index < -0.39 is 0 Å². The quantitative estimate of drug-likeness (QED) is 0.866.